The Morgan fingerprint density at radius 3 is 2.36 bits per heavy atom. The van der Waals surface area contributed by atoms with Gasteiger partial charge in [0.2, 0.25) is 0 Å². The summed E-state index contributed by atoms with van der Waals surface area (Å²) in [7, 11) is 0. The third-order valence-corrected chi connectivity index (χ3v) is 2.61. The third-order valence-electron chi connectivity index (χ3n) is 2.61. The van der Waals surface area contributed by atoms with E-state index in [2.05, 4.69) is 18.7 Å². The van der Waals surface area contributed by atoms with E-state index in [4.69, 9.17) is 0 Å². The molecule has 0 amide bonds. The highest BCUT2D eigenvalue weighted by Gasteiger charge is 2.39. The molecule has 0 aromatic carbocycles. The van der Waals surface area contributed by atoms with Crippen LogP contribution in [-0.2, 0) is 0 Å². The molecule has 3 atom stereocenters. The molecule has 2 nitrogen and oxygen atoms in total. The number of hydrogen-bond acceptors (Lipinski definition) is 2. The van der Waals surface area contributed by atoms with Gasteiger partial charge in [0.15, 0.2) is 0 Å². The van der Waals surface area contributed by atoms with Gasteiger partial charge in [-0.15, -0.1) is 0 Å². The Labute approximate surface area is 69.2 Å². The zero-order valence-corrected chi connectivity index (χ0v) is 7.75. The normalized spacial score (nSPS) is 32.5. The van der Waals surface area contributed by atoms with E-state index < -0.39 is 0 Å². The Morgan fingerprint density at radius 1 is 1.55 bits per heavy atom. The highest BCUT2D eigenvalue weighted by atomic mass is 16.3. The molecule has 2 heteroatoms. The minimum Gasteiger partial charge on any atom is -0.378 e. The molecular formula is C9H19NO. The fourth-order valence-electron chi connectivity index (χ4n) is 1.67. The number of aliphatic hydroxyl groups is 1. The summed E-state index contributed by atoms with van der Waals surface area (Å²) in [5.74, 6) is 0.802. The molecule has 0 heterocycles. The molecule has 1 fully saturated rings. The lowest BCUT2D eigenvalue weighted by molar-refractivity contribution is -0.00386. The summed E-state index contributed by atoms with van der Waals surface area (Å²) in [6.45, 7) is 7.37. The van der Waals surface area contributed by atoms with Crippen LogP contribution in [0.3, 0.4) is 0 Å². The van der Waals surface area contributed by atoms with Gasteiger partial charge in [0.05, 0.1) is 0 Å². The van der Waals surface area contributed by atoms with Gasteiger partial charge in [0.1, 0.15) is 6.23 Å². The van der Waals surface area contributed by atoms with Gasteiger partial charge < -0.3 is 5.11 Å². The Balaban J connectivity index is 2.37. The van der Waals surface area contributed by atoms with Crippen LogP contribution in [0.15, 0.2) is 0 Å². The van der Waals surface area contributed by atoms with Crippen LogP contribution < -0.4 is 0 Å². The van der Waals surface area contributed by atoms with Crippen molar-refractivity contribution >= 4 is 0 Å². The van der Waals surface area contributed by atoms with Gasteiger partial charge in [-0.1, -0.05) is 20.8 Å². The van der Waals surface area contributed by atoms with Crippen molar-refractivity contribution < 1.29 is 5.11 Å². The van der Waals surface area contributed by atoms with Crippen LogP contribution in [0.1, 0.15) is 33.6 Å². The van der Waals surface area contributed by atoms with Crippen LogP contribution in [0.2, 0.25) is 0 Å². The molecule has 0 saturated heterocycles. The molecule has 0 radical (unpaired) electrons. The van der Waals surface area contributed by atoms with E-state index in [9.17, 15) is 5.11 Å². The second-order valence-electron chi connectivity index (χ2n) is 3.50. The molecule has 11 heavy (non-hydrogen) atoms. The molecule has 3 unspecified atom stereocenters. The van der Waals surface area contributed by atoms with Gasteiger partial charge >= 0.3 is 0 Å². The Bertz CT molecular complexity index is 123. The molecule has 0 aliphatic heterocycles. The van der Waals surface area contributed by atoms with Gasteiger partial charge in [-0.2, -0.15) is 0 Å². The largest absolute Gasteiger partial charge is 0.378 e. The second-order valence-corrected chi connectivity index (χ2v) is 3.50. The second kappa shape index (κ2) is 3.55. The first-order valence-electron chi connectivity index (χ1n) is 4.64. The van der Waals surface area contributed by atoms with Crippen molar-refractivity contribution in [1.82, 2.24) is 4.90 Å². The van der Waals surface area contributed by atoms with Crippen LogP contribution >= 0.6 is 0 Å². The average Bonchev–Trinajstić information content (AvgIpc) is 2.68. The number of aliphatic hydroxyl groups excluding tert-OH is 1. The summed E-state index contributed by atoms with van der Waals surface area (Å²) >= 11 is 0. The lowest BCUT2D eigenvalue weighted by Crippen LogP contribution is -2.37. The molecule has 1 aliphatic rings. The van der Waals surface area contributed by atoms with Gasteiger partial charge in [-0.25, -0.2) is 0 Å². The lowest BCUT2D eigenvalue weighted by Gasteiger charge is -2.25. The summed E-state index contributed by atoms with van der Waals surface area (Å²) in [6, 6.07) is 0.662. The highest BCUT2D eigenvalue weighted by Crippen LogP contribution is 2.35. The molecule has 0 bridgehead atoms. The van der Waals surface area contributed by atoms with Gasteiger partial charge in [0, 0.05) is 6.04 Å². The van der Waals surface area contributed by atoms with Crippen molar-refractivity contribution in [2.45, 2.75) is 45.9 Å². The van der Waals surface area contributed by atoms with Crippen molar-refractivity contribution in [2.24, 2.45) is 5.92 Å². The smallest absolute Gasteiger partial charge is 0.107 e. The molecule has 0 spiro atoms. The summed E-state index contributed by atoms with van der Waals surface area (Å²) in [5.41, 5.74) is 0. The minimum atomic E-state index is -0.213. The van der Waals surface area contributed by atoms with Gasteiger partial charge in [-0.05, 0) is 25.3 Å². The van der Waals surface area contributed by atoms with Gasteiger partial charge in [-0.3, -0.25) is 4.90 Å². The van der Waals surface area contributed by atoms with E-state index in [0.717, 1.165) is 18.9 Å². The summed E-state index contributed by atoms with van der Waals surface area (Å²) in [4.78, 5) is 2.20. The number of nitrogens with zero attached hydrogens (tertiary/aromatic N) is 1. The van der Waals surface area contributed by atoms with E-state index in [0.29, 0.717) is 6.04 Å². The summed E-state index contributed by atoms with van der Waals surface area (Å²) in [6.07, 6.45) is 1.90. The standard InChI is InChI=1S/C9H19NO/c1-4-9(11)10(5-2)8-6-7(8)3/h7-9,11H,4-6H2,1-3H3. The minimum absolute atomic E-state index is 0.213. The third kappa shape index (κ3) is 1.94. The molecule has 66 valence electrons. The van der Waals surface area contributed by atoms with E-state index >= 15 is 0 Å². The van der Waals surface area contributed by atoms with E-state index in [1.165, 1.54) is 6.42 Å². The van der Waals surface area contributed by atoms with Crippen LogP contribution in [0.5, 0.6) is 0 Å². The molecular weight excluding hydrogens is 138 g/mol. The van der Waals surface area contributed by atoms with Crippen molar-refractivity contribution in [2.75, 3.05) is 6.54 Å². The number of rotatable bonds is 4. The van der Waals surface area contributed by atoms with E-state index in [1.807, 2.05) is 6.92 Å². The quantitative estimate of drug-likeness (QED) is 0.624. The Kier molecular flexibility index (Phi) is 2.90. The van der Waals surface area contributed by atoms with Crippen molar-refractivity contribution in [1.29, 1.82) is 0 Å². The predicted molar refractivity (Wildman–Crippen MR) is 46.2 cm³/mol. The fraction of sp³-hybridized carbons (Fsp3) is 1.00. The molecule has 1 rings (SSSR count). The summed E-state index contributed by atoms with van der Waals surface area (Å²) in [5, 5.41) is 9.57. The maximum atomic E-state index is 9.57. The molecule has 1 N–H and O–H groups in total. The first kappa shape index (κ1) is 9.01. The predicted octanol–water partition coefficient (Wildman–Crippen LogP) is 1.45. The van der Waals surface area contributed by atoms with Crippen LogP contribution in [-0.4, -0.2) is 28.8 Å². The average molecular weight is 157 g/mol. The van der Waals surface area contributed by atoms with Gasteiger partial charge in [0.25, 0.3) is 0 Å². The summed E-state index contributed by atoms with van der Waals surface area (Å²) < 4.78 is 0. The van der Waals surface area contributed by atoms with Crippen molar-refractivity contribution in [3.05, 3.63) is 0 Å². The first-order valence-corrected chi connectivity index (χ1v) is 4.64. The monoisotopic (exact) mass is 157 g/mol. The van der Waals surface area contributed by atoms with Crippen LogP contribution in [0, 0.1) is 5.92 Å². The zero-order chi connectivity index (χ0) is 8.43. The Hall–Kier alpha value is -0.0800. The molecule has 1 saturated carbocycles. The lowest BCUT2D eigenvalue weighted by atomic mass is 10.3. The van der Waals surface area contributed by atoms with Crippen LogP contribution in [0.4, 0.5) is 0 Å². The van der Waals surface area contributed by atoms with Crippen molar-refractivity contribution in [3.8, 4) is 0 Å². The Morgan fingerprint density at radius 2 is 2.09 bits per heavy atom. The SMILES string of the molecule is CCC(O)N(CC)C1CC1C. The van der Waals surface area contributed by atoms with Crippen LogP contribution in [0.25, 0.3) is 0 Å². The maximum Gasteiger partial charge on any atom is 0.107 e. The molecule has 1 aliphatic carbocycles. The topological polar surface area (TPSA) is 23.5 Å². The van der Waals surface area contributed by atoms with E-state index in [1.54, 1.807) is 0 Å². The molecule has 0 aromatic heterocycles. The fourth-order valence-corrected chi connectivity index (χ4v) is 1.67. The molecule has 0 aromatic rings. The van der Waals surface area contributed by atoms with E-state index in [-0.39, 0.29) is 6.23 Å². The first-order chi connectivity index (χ1) is 5.20. The maximum absolute atomic E-state index is 9.57. The number of hydrogen-bond donors (Lipinski definition) is 1. The highest BCUT2D eigenvalue weighted by molar-refractivity contribution is 4.92. The van der Waals surface area contributed by atoms with Crippen molar-refractivity contribution in [3.63, 3.8) is 0 Å². The zero-order valence-electron chi connectivity index (χ0n) is 7.75.